The van der Waals surface area contributed by atoms with E-state index >= 15 is 0 Å². The van der Waals surface area contributed by atoms with Gasteiger partial charge in [-0.05, 0) is 158 Å². The Morgan fingerprint density at radius 3 is 1.03 bits per heavy atom. The Hall–Kier alpha value is -7.67. The van der Waals surface area contributed by atoms with Crippen LogP contribution in [0.3, 0.4) is 0 Å². The summed E-state index contributed by atoms with van der Waals surface area (Å²) in [7, 11) is 8.08. The molecular formula is C88H118N8O4Ti2. The molecule has 0 aliphatic carbocycles. The van der Waals surface area contributed by atoms with Crippen LogP contribution in [-0.4, -0.2) is 74.7 Å². The van der Waals surface area contributed by atoms with Crippen LogP contribution in [0.1, 0.15) is 282 Å². The van der Waals surface area contributed by atoms with Gasteiger partial charge in [0, 0.05) is 98.4 Å². The minimum atomic E-state index is -0.0964. The minimum Gasteiger partial charge on any atom is -0.359 e. The molecule has 542 valence electrons. The molecule has 0 aromatic heterocycles. The van der Waals surface area contributed by atoms with E-state index in [0.717, 1.165) is 107 Å². The Kier molecular flexibility index (Phi) is 38.3. The number of benzene rings is 6. The summed E-state index contributed by atoms with van der Waals surface area (Å²) < 4.78 is 0. The van der Waals surface area contributed by atoms with Crippen molar-refractivity contribution in [2.45, 2.75) is 185 Å². The fourth-order valence-electron chi connectivity index (χ4n) is 12.1. The van der Waals surface area contributed by atoms with Gasteiger partial charge in [-0.1, -0.05) is 208 Å². The standard InChI is InChI=1S/2C35H47N3O2.2C9H12N.2Ti/c1-20(2)26-14-11-15-27(21(3)4)32(26)34(39)36-24(9)30-18-13-19-31(38-30)25(10)37-35(40)33-28(22(5)6)16-12-17-29(33)23(7)8;1-22(2)28-14-10-15-29(23(3)4)32(28)34(39)36-20-18-26-12-9-13-27(38-26)19-21-37-35(40)33-30(24(5)6)16-11-17-31(33)25(7)8;2*1-10(2)8-9-6-4-3-5-7-9;;/h11-18,20-23,38H,19H2,1-10H3,(H,36,39)(H,37,40);9-12,14-19,22-25,38H,13,20-21H2,1-8H3,(H,36,39)(H,37,40);2*3-8H,1-2H3;;/q;;2*-1;;+2. The molecule has 0 bridgehead atoms. The molecule has 12 nitrogen and oxygen atoms in total. The summed E-state index contributed by atoms with van der Waals surface area (Å²) in [6.07, 6.45) is 13.6. The molecule has 8 rings (SSSR count). The molecule has 0 radical (unpaired) electrons. The van der Waals surface area contributed by atoms with Crippen LogP contribution in [0, 0.1) is 13.1 Å². The van der Waals surface area contributed by atoms with Gasteiger partial charge in [0.25, 0.3) is 23.6 Å². The van der Waals surface area contributed by atoms with Crippen LogP contribution < -0.4 is 31.9 Å². The first-order valence-electron chi connectivity index (χ1n) is 35.9. The van der Waals surface area contributed by atoms with Gasteiger partial charge in [0.2, 0.25) is 0 Å². The van der Waals surface area contributed by atoms with Gasteiger partial charge in [-0.15, -0.1) is 37.4 Å². The summed E-state index contributed by atoms with van der Waals surface area (Å²) in [5.74, 6) is 1.77. The molecule has 2 heterocycles. The van der Waals surface area contributed by atoms with E-state index in [1.807, 2.05) is 161 Å². The number of carbonyl (C=O) groups excluding carboxylic acids is 4. The van der Waals surface area contributed by atoms with E-state index < -0.39 is 0 Å². The van der Waals surface area contributed by atoms with Gasteiger partial charge in [0.15, 0.2) is 0 Å². The molecule has 0 saturated heterocycles. The Morgan fingerprint density at radius 2 is 0.706 bits per heavy atom. The number of hydrogen-bond donors (Lipinski definition) is 6. The van der Waals surface area contributed by atoms with Gasteiger partial charge in [-0.3, -0.25) is 19.2 Å². The largest absolute Gasteiger partial charge is 2.00 e. The van der Waals surface area contributed by atoms with E-state index in [2.05, 4.69) is 216 Å². The summed E-state index contributed by atoms with van der Waals surface area (Å²) in [6.45, 7) is 42.8. The number of rotatable bonds is 22. The first kappa shape index (κ1) is 88.5. The van der Waals surface area contributed by atoms with Crippen LogP contribution in [0.2, 0.25) is 0 Å². The molecule has 2 aliphatic rings. The van der Waals surface area contributed by atoms with E-state index in [1.165, 1.54) is 11.1 Å². The molecule has 4 amide bonds. The van der Waals surface area contributed by atoms with Crippen molar-refractivity contribution in [3.8, 4) is 0 Å². The van der Waals surface area contributed by atoms with Gasteiger partial charge in [0.1, 0.15) is 0 Å². The minimum absolute atomic E-state index is 0. The third-order valence-corrected chi connectivity index (χ3v) is 17.3. The van der Waals surface area contributed by atoms with Crippen molar-refractivity contribution in [2.24, 2.45) is 0 Å². The van der Waals surface area contributed by atoms with Crippen molar-refractivity contribution in [1.82, 2.24) is 41.7 Å². The second kappa shape index (κ2) is 44.1. The molecule has 0 spiro atoms. The summed E-state index contributed by atoms with van der Waals surface area (Å²) in [4.78, 5) is 57.7. The zero-order chi connectivity index (χ0) is 73.9. The normalized spacial score (nSPS) is 14.2. The second-order valence-corrected chi connectivity index (χ2v) is 28.8. The molecular weight excluding hydrogens is 1330 g/mol. The summed E-state index contributed by atoms with van der Waals surface area (Å²) >= 11 is 0. The van der Waals surface area contributed by atoms with Crippen molar-refractivity contribution in [1.29, 1.82) is 0 Å². The molecule has 2 aliphatic heterocycles. The van der Waals surface area contributed by atoms with Crippen LogP contribution in [0.15, 0.2) is 204 Å². The average Bonchev–Trinajstić information content (AvgIpc) is 0.823. The third kappa shape index (κ3) is 27.2. The SMILES string of the molecule is CC(C)c1cccc(C(C)C)c1C(=O)NCC=C1C=CCC(=CCNC(=O)c2c(C(C)C)cccc2C(C)C)N1.CC(NC(=O)c1c(C(C)C)cccc1C(C)C)=C1C=CCC(=C(C)NC(=O)c2c(C(C)C)cccc2C(C)C)N1.CN(C)[CH-]c1ccccc1.CN(C)[CH-]c1ccccc1.[Ti+2].[Ti]. The van der Waals surface area contributed by atoms with Gasteiger partial charge in [-0.25, -0.2) is 0 Å². The topological polar surface area (TPSA) is 147 Å². The van der Waals surface area contributed by atoms with E-state index in [0.29, 0.717) is 19.5 Å². The van der Waals surface area contributed by atoms with Gasteiger partial charge >= 0.3 is 21.7 Å². The van der Waals surface area contributed by atoms with Crippen LogP contribution in [-0.2, 0) is 43.4 Å². The molecule has 102 heavy (non-hydrogen) atoms. The van der Waals surface area contributed by atoms with Crippen molar-refractivity contribution < 1.29 is 62.6 Å². The summed E-state index contributed by atoms with van der Waals surface area (Å²) in [5.41, 5.74) is 19.3. The molecule has 0 saturated carbocycles. The zero-order valence-corrected chi connectivity index (χ0v) is 68.4. The summed E-state index contributed by atoms with van der Waals surface area (Å²) in [5, 5.41) is 19.4. The van der Waals surface area contributed by atoms with E-state index in [4.69, 9.17) is 0 Å². The molecule has 6 aromatic rings. The predicted octanol–water partition coefficient (Wildman–Crippen LogP) is 19.5. The smallest absolute Gasteiger partial charge is 0.359 e. The number of nitrogens with zero attached hydrogens (tertiary/aromatic N) is 2. The van der Waals surface area contributed by atoms with Crippen LogP contribution in [0.5, 0.6) is 0 Å². The third-order valence-electron chi connectivity index (χ3n) is 17.3. The van der Waals surface area contributed by atoms with Crippen molar-refractivity contribution >= 4 is 23.6 Å². The fraction of sp³-hybridized carbons (Fsp3) is 0.386. The maximum absolute atomic E-state index is 13.6. The van der Waals surface area contributed by atoms with Gasteiger partial charge in [0.05, 0.1) is 5.70 Å². The average molecular weight is 1450 g/mol. The Morgan fingerprint density at radius 1 is 0.402 bits per heavy atom. The van der Waals surface area contributed by atoms with Crippen molar-refractivity contribution in [3.05, 3.63) is 295 Å². The quantitative estimate of drug-likeness (QED) is 0.0291. The molecule has 0 unspecified atom stereocenters. The van der Waals surface area contributed by atoms with Crippen molar-refractivity contribution in [3.63, 3.8) is 0 Å². The van der Waals surface area contributed by atoms with Crippen LogP contribution >= 0.6 is 0 Å². The zero-order valence-electron chi connectivity index (χ0n) is 65.3. The molecule has 6 aromatic carbocycles. The number of hydrogen-bond acceptors (Lipinski definition) is 8. The van der Waals surface area contributed by atoms with E-state index in [1.54, 1.807) is 0 Å². The maximum atomic E-state index is 13.6. The molecule has 0 atom stereocenters. The van der Waals surface area contributed by atoms with Gasteiger partial charge in [-0.2, -0.15) is 35.4 Å². The number of carbonyl (C=O) groups is 4. The van der Waals surface area contributed by atoms with Gasteiger partial charge < -0.3 is 41.7 Å². The van der Waals surface area contributed by atoms with E-state index in [9.17, 15) is 19.2 Å². The Labute approximate surface area is 644 Å². The first-order chi connectivity index (χ1) is 47.4. The first-order valence-corrected chi connectivity index (χ1v) is 35.9. The second-order valence-electron chi connectivity index (χ2n) is 28.8. The molecule has 0 fully saturated rings. The number of allylic oxidation sites excluding steroid dienone is 6. The van der Waals surface area contributed by atoms with E-state index in [-0.39, 0.29) is 114 Å². The van der Waals surface area contributed by atoms with Crippen LogP contribution in [0.25, 0.3) is 0 Å². The monoisotopic (exact) mass is 1450 g/mol. The molecule has 14 heteroatoms. The Bertz CT molecular complexity index is 3720. The summed E-state index contributed by atoms with van der Waals surface area (Å²) in [6, 6.07) is 45.1. The fourth-order valence-corrected chi connectivity index (χ4v) is 12.1. The maximum Gasteiger partial charge on any atom is 2.00 e. The Balaban J connectivity index is 0.000000409. The van der Waals surface area contributed by atoms with Crippen LogP contribution in [0.4, 0.5) is 0 Å². The number of nitrogens with one attached hydrogen (secondary N) is 6. The van der Waals surface area contributed by atoms with Crippen molar-refractivity contribution in [2.75, 3.05) is 41.3 Å². The number of amides is 4. The predicted molar refractivity (Wildman–Crippen MR) is 420 cm³/mol. The molecule has 6 N–H and O–H groups in total.